The Kier molecular flexibility index (Phi) is 5.54. The number of thiophene rings is 1. The molecule has 7 rings (SSSR count). The Morgan fingerprint density at radius 2 is 1.83 bits per heavy atom. The smallest absolute Gasteiger partial charge is 0.230 e. The molecule has 3 saturated heterocycles. The Hall–Kier alpha value is -2.52. The van der Waals surface area contributed by atoms with Crippen molar-refractivity contribution in [2.24, 2.45) is 0 Å². The molecule has 0 spiro atoms. The predicted molar refractivity (Wildman–Crippen MR) is 140 cm³/mol. The van der Waals surface area contributed by atoms with E-state index in [1.165, 1.54) is 16.2 Å². The Bertz CT molecular complexity index is 1360. The molecule has 186 valence electrons. The van der Waals surface area contributed by atoms with Crippen LogP contribution in [0.4, 0.5) is 5.69 Å². The van der Waals surface area contributed by atoms with Crippen LogP contribution in [0, 0.1) is 0 Å². The Morgan fingerprint density at radius 1 is 1.03 bits per heavy atom. The molecule has 3 aromatic rings. The van der Waals surface area contributed by atoms with Crippen LogP contribution in [0.25, 0.3) is 21.3 Å². The van der Waals surface area contributed by atoms with Crippen molar-refractivity contribution in [1.82, 2.24) is 14.8 Å². The minimum atomic E-state index is -0.0896. The quantitative estimate of drug-likeness (QED) is 0.470. The molecule has 0 saturated carbocycles. The van der Waals surface area contributed by atoms with Gasteiger partial charge in [0.2, 0.25) is 11.8 Å². The Balaban J connectivity index is 1.26. The number of carbonyl (C=O) groups is 2. The lowest BCUT2D eigenvalue weighted by Gasteiger charge is -2.53. The molecule has 0 atom stereocenters. The number of nitrogens with zero attached hydrogens (tertiary/aromatic N) is 4. The van der Waals surface area contributed by atoms with E-state index >= 15 is 0 Å². The number of likely N-dealkylation sites (tertiary alicyclic amines) is 2. The average Bonchev–Trinajstić information content (AvgIpc) is 3.36. The molecule has 2 amide bonds. The van der Waals surface area contributed by atoms with Crippen molar-refractivity contribution in [2.75, 3.05) is 37.7 Å². The second kappa shape index (κ2) is 8.80. The highest BCUT2D eigenvalue weighted by atomic mass is 35.5. The zero-order chi connectivity index (χ0) is 24.4. The van der Waals surface area contributed by atoms with E-state index < -0.39 is 0 Å². The van der Waals surface area contributed by atoms with Crippen molar-refractivity contribution in [3.63, 3.8) is 0 Å². The van der Waals surface area contributed by atoms with Crippen molar-refractivity contribution in [3.05, 3.63) is 45.9 Å². The Morgan fingerprint density at radius 3 is 2.58 bits per heavy atom. The van der Waals surface area contributed by atoms with E-state index in [4.69, 9.17) is 16.3 Å². The van der Waals surface area contributed by atoms with Crippen LogP contribution >= 0.6 is 22.9 Å². The van der Waals surface area contributed by atoms with E-state index in [0.717, 1.165) is 76.9 Å². The second-order valence-corrected chi connectivity index (χ2v) is 11.8. The van der Waals surface area contributed by atoms with E-state index in [0.29, 0.717) is 31.5 Å². The van der Waals surface area contributed by atoms with Gasteiger partial charge in [0.25, 0.3) is 0 Å². The third kappa shape index (κ3) is 3.74. The van der Waals surface area contributed by atoms with E-state index in [1.54, 1.807) is 11.3 Å². The van der Waals surface area contributed by atoms with Crippen LogP contribution in [0.5, 0.6) is 0 Å². The number of pyridine rings is 1. The topological polar surface area (TPSA) is 66.0 Å². The molecule has 3 fully saturated rings. The van der Waals surface area contributed by atoms with Crippen LogP contribution in [0.2, 0.25) is 5.02 Å². The molecule has 0 bridgehead atoms. The van der Waals surface area contributed by atoms with Gasteiger partial charge in [0, 0.05) is 65.4 Å². The fourth-order valence-electron chi connectivity index (χ4n) is 5.96. The SMILES string of the molecule is O=C1CCC(=O)N1Cc1cc2nccc(-c3cc(Cl)cc4c3N(C3CN(C5COC5)C3)CCC4)c2s1. The first-order valence-electron chi connectivity index (χ1n) is 12.7. The maximum atomic E-state index is 12.2. The molecule has 1 aromatic carbocycles. The van der Waals surface area contributed by atoms with Crippen molar-refractivity contribution in [2.45, 2.75) is 44.3 Å². The van der Waals surface area contributed by atoms with Gasteiger partial charge in [0.1, 0.15) is 0 Å². The van der Waals surface area contributed by atoms with Gasteiger partial charge in [-0.05, 0) is 42.7 Å². The number of amides is 2. The van der Waals surface area contributed by atoms with Crippen LogP contribution in [0.3, 0.4) is 0 Å². The fraction of sp³-hybridized carbons (Fsp3) is 0.444. The largest absolute Gasteiger partial charge is 0.378 e. The number of hydrogen-bond donors (Lipinski definition) is 0. The van der Waals surface area contributed by atoms with Crippen LogP contribution in [0.15, 0.2) is 30.5 Å². The monoisotopic (exact) mass is 522 g/mol. The van der Waals surface area contributed by atoms with Gasteiger partial charge in [0.05, 0.1) is 42.1 Å². The van der Waals surface area contributed by atoms with Gasteiger partial charge >= 0.3 is 0 Å². The first-order valence-corrected chi connectivity index (χ1v) is 13.9. The average molecular weight is 523 g/mol. The first kappa shape index (κ1) is 22.7. The van der Waals surface area contributed by atoms with E-state index in [2.05, 4.69) is 33.0 Å². The minimum Gasteiger partial charge on any atom is -0.378 e. The van der Waals surface area contributed by atoms with Crippen LogP contribution < -0.4 is 4.90 Å². The highest BCUT2D eigenvalue weighted by Gasteiger charge is 2.40. The molecular weight excluding hydrogens is 496 g/mol. The number of benzene rings is 1. The summed E-state index contributed by atoms with van der Waals surface area (Å²) in [6.07, 6.45) is 4.62. The maximum absolute atomic E-state index is 12.2. The van der Waals surface area contributed by atoms with Gasteiger partial charge in [-0.2, -0.15) is 0 Å². The number of aromatic nitrogens is 1. The lowest BCUT2D eigenvalue weighted by molar-refractivity contribution is -0.138. The van der Waals surface area contributed by atoms with E-state index in [1.807, 2.05) is 12.3 Å². The molecule has 0 N–H and O–H groups in total. The third-order valence-corrected chi connectivity index (χ3v) is 9.34. The summed E-state index contributed by atoms with van der Waals surface area (Å²) in [6, 6.07) is 9.39. The van der Waals surface area contributed by atoms with Crippen molar-refractivity contribution >= 4 is 50.7 Å². The van der Waals surface area contributed by atoms with Crippen molar-refractivity contribution in [1.29, 1.82) is 0 Å². The molecule has 0 radical (unpaired) electrons. The molecule has 0 aliphatic carbocycles. The number of halogens is 1. The number of ether oxygens (including phenoxy) is 1. The Labute approximate surface area is 218 Å². The lowest BCUT2D eigenvalue weighted by atomic mass is 9.91. The molecule has 4 aliphatic rings. The van der Waals surface area contributed by atoms with Crippen LogP contribution in [0.1, 0.15) is 29.7 Å². The number of rotatable bonds is 5. The van der Waals surface area contributed by atoms with Crippen LogP contribution in [-0.4, -0.2) is 71.5 Å². The maximum Gasteiger partial charge on any atom is 0.230 e. The number of aryl methyl sites for hydroxylation is 1. The second-order valence-electron chi connectivity index (χ2n) is 10.2. The number of imide groups is 1. The summed E-state index contributed by atoms with van der Waals surface area (Å²) in [5, 5.41) is 0.752. The van der Waals surface area contributed by atoms with Gasteiger partial charge in [-0.3, -0.25) is 24.4 Å². The molecule has 36 heavy (non-hydrogen) atoms. The zero-order valence-corrected chi connectivity index (χ0v) is 21.5. The van der Waals surface area contributed by atoms with E-state index in [9.17, 15) is 9.59 Å². The van der Waals surface area contributed by atoms with Gasteiger partial charge in [0.15, 0.2) is 0 Å². The number of anilines is 1. The number of hydrogen-bond acceptors (Lipinski definition) is 7. The molecule has 4 aliphatic heterocycles. The molecule has 0 unspecified atom stereocenters. The summed E-state index contributed by atoms with van der Waals surface area (Å²) in [5.41, 5.74) is 5.76. The van der Waals surface area contributed by atoms with E-state index in [-0.39, 0.29) is 11.8 Å². The molecule has 7 nitrogen and oxygen atoms in total. The fourth-order valence-corrected chi connectivity index (χ4v) is 7.33. The predicted octanol–water partition coefficient (Wildman–Crippen LogP) is 4.10. The van der Waals surface area contributed by atoms with Gasteiger partial charge in [-0.25, -0.2) is 0 Å². The third-order valence-electron chi connectivity index (χ3n) is 7.98. The van der Waals surface area contributed by atoms with Crippen molar-refractivity contribution < 1.29 is 14.3 Å². The lowest BCUT2D eigenvalue weighted by Crippen LogP contribution is -2.66. The summed E-state index contributed by atoms with van der Waals surface area (Å²) in [6.45, 7) is 5.22. The first-order chi connectivity index (χ1) is 17.5. The normalized spacial score (nSPS) is 21.2. The molecular formula is C27H27ClN4O3S. The minimum absolute atomic E-state index is 0.0896. The number of carbonyl (C=O) groups excluding carboxylic acids is 2. The standard InChI is InChI=1S/C27H27ClN4O3S/c28-17-8-16-2-1-7-31(18-11-30(12-18)19-14-35-15-19)26(16)22(9-17)21-5-6-29-23-10-20(36-27(21)23)13-32-24(33)3-4-25(32)34/h5-6,8-10,18-19H,1-4,7,11-15H2. The summed E-state index contributed by atoms with van der Waals surface area (Å²) in [5.74, 6) is -0.179. The summed E-state index contributed by atoms with van der Waals surface area (Å²) in [4.78, 5) is 36.5. The van der Waals surface area contributed by atoms with Crippen molar-refractivity contribution in [3.8, 4) is 11.1 Å². The van der Waals surface area contributed by atoms with Crippen LogP contribution in [-0.2, 0) is 27.3 Å². The molecule has 6 heterocycles. The zero-order valence-electron chi connectivity index (χ0n) is 19.9. The summed E-state index contributed by atoms with van der Waals surface area (Å²) < 4.78 is 6.47. The highest BCUT2D eigenvalue weighted by Crippen LogP contribution is 2.45. The molecule has 9 heteroatoms. The summed E-state index contributed by atoms with van der Waals surface area (Å²) >= 11 is 8.28. The highest BCUT2D eigenvalue weighted by molar-refractivity contribution is 7.19. The van der Waals surface area contributed by atoms with Gasteiger partial charge in [-0.15, -0.1) is 11.3 Å². The van der Waals surface area contributed by atoms with Gasteiger partial charge in [-0.1, -0.05) is 11.6 Å². The number of fused-ring (bicyclic) bond motifs is 2. The van der Waals surface area contributed by atoms with Gasteiger partial charge < -0.3 is 9.64 Å². The summed E-state index contributed by atoms with van der Waals surface area (Å²) in [7, 11) is 0. The molecule has 2 aromatic heterocycles.